The molecule has 3 aliphatic heterocycles. The Morgan fingerprint density at radius 1 is 1.10 bits per heavy atom. The Morgan fingerprint density at radius 3 is 2.48 bits per heavy atom. The van der Waals surface area contributed by atoms with Crippen LogP contribution in [-0.4, -0.2) is 61.0 Å². The molecule has 4 heteroatoms. The van der Waals surface area contributed by atoms with Gasteiger partial charge in [-0.3, -0.25) is 4.79 Å². The van der Waals surface area contributed by atoms with Crippen molar-refractivity contribution < 1.29 is 4.79 Å². The van der Waals surface area contributed by atoms with Crippen molar-refractivity contribution in [3.8, 4) is 0 Å². The summed E-state index contributed by atoms with van der Waals surface area (Å²) in [6, 6.07) is 0.0869. The van der Waals surface area contributed by atoms with E-state index in [4.69, 9.17) is 0 Å². The molecule has 0 aliphatic carbocycles. The highest BCUT2D eigenvalue weighted by Gasteiger charge is 2.31. The smallest absolute Gasteiger partial charge is 0.239 e. The summed E-state index contributed by atoms with van der Waals surface area (Å²) < 4.78 is 0. The topological polar surface area (TPSA) is 35.6 Å². The van der Waals surface area contributed by atoms with E-state index in [0.29, 0.717) is 11.8 Å². The Kier molecular flexibility index (Phi) is 5.17. The number of nitrogens with one attached hydrogen (secondary N) is 1. The van der Waals surface area contributed by atoms with Gasteiger partial charge in [-0.05, 0) is 70.0 Å². The number of rotatable bonds is 3. The van der Waals surface area contributed by atoms with Crippen molar-refractivity contribution in [1.29, 1.82) is 0 Å². The Bertz CT molecular complexity index is 346. The van der Waals surface area contributed by atoms with Crippen LogP contribution in [0.25, 0.3) is 0 Å². The first kappa shape index (κ1) is 15.3. The van der Waals surface area contributed by atoms with Crippen molar-refractivity contribution in [3.05, 3.63) is 0 Å². The van der Waals surface area contributed by atoms with Gasteiger partial charge in [0.25, 0.3) is 0 Å². The maximum Gasteiger partial charge on any atom is 0.239 e. The summed E-state index contributed by atoms with van der Waals surface area (Å²) in [5, 5.41) is 3.42. The second-order valence-corrected chi connectivity index (χ2v) is 7.41. The monoisotopic (exact) mass is 293 g/mol. The van der Waals surface area contributed by atoms with Crippen molar-refractivity contribution in [3.63, 3.8) is 0 Å². The fourth-order valence-corrected chi connectivity index (χ4v) is 4.18. The standard InChI is InChI=1S/C17H31N3O/c1-14-4-7-18-16(12-14)17(21)20-10-5-15(6-11-20)13-19-8-2-3-9-19/h14-16,18H,2-13H2,1H3. The normalized spacial score (nSPS) is 32.5. The zero-order chi connectivity index (χ0) is 14.7. The van der Waals surface area contributed by atoms with Crippen LogP contribution < -0.4 is 5.32 Å². The zero-order valence-corrected chi connectivity index (χ0v) is 13.5. The van der Waals surface area contributed by atoms with Crippen LogP contribution in [0.3, 0.4) is 0 Å². The van der Waals surface area contributed by atoms with Gasteiger partial charge < -0.3 is 15.1 Å². The first-order chi connectivity index (χ1) is 10.2. The number of nitrogens with zero attached hydrogens (tertiary/aromatic N) is 2. The third-order valence-corrected chi connectivity index (χ3v) is 5.61. The molecular weight excluding hydrogens is 262 g/mol. The van der Waals surface area contributed by atoms with Crippen LogP contribution in [0.15, 0.2) is 0 Å². The highest BCUT2D eigenvalue weighted by molar-refractivity contribution is 5.82. The van der Waals surface area contributed by atoms with Crippen molar-refractivity contribution in [2.45, 2.75) is 51.5 Å². The van der Waals surface area contributed by atoms with Gasteiger partial charge in [0.05, 0.1) is 6.04 Å². The molecule has 0 aromatic rings. The van der Waals surface area contributed by atoms with Crippen LogP contribution in [0.2, 0.25) is 0 Å². The fraction of sp³-hybridized carbons (Fsp3) is 0.941. The first-order valence-electron chi connectivity index (χ1n) is 8.97. The maximum atomic E-state index is 12.6. The van der Waals surface area contributed by atoms with Crippen molar-refractivity contribution in [2.75, 3.05) is 39.3 Å². The van der Waals surface area contributed by atoms with Gasteiger partial charge in [-0.1, -0.05) is 6.92 Å². The summed E-state index contributed by atoms with van der Waals surface area (Å²) in [5.41, 5.74) is 0. The van der Waals surface area contributed by atoms with E-state index in [9.17, 15) is 4.79 Å². The molecule has 120 valence electrons. The quantitative estimate of drug-likeness (QED) is 0.860. The second kappa shape index (κ2) is 7.10. The molecule has 3 rings (SSSR count). The second-order valence-electron chi connectivity index (χ2n) is 7.41. The lowest BCUT2D eigenvalue weighted by Crippen LogP contribution is -2.52. The van der Waals surface area contributed by atoms with Crippen LogP contribution in [-0.2, 0) is 4.79 Å². The van der Waals surface area contributed by atoms with Crippen LogP contribution in [0.5, 0.6) is 0 Å². The molecule has 0 spiro atoms. The van der Waals surface area contributed by atoms with E-state index < -0.39 is 0 Å². The van der Waals surface area contributed by atoms with Crippen molar-refractivity contribution in [1.82, 2.24) is 15.1 Å². The van der Waals surface area contributed by atoms with Gasteiger partial charge in [-0.25, -0.2) is 0 Å². The minimum Gasteiger partial charge on any atom is -0.341 e. The van der Waals surface area contributed by atoms with E-state index in [1.54, 1.807) is 0 Å². The molecule has 0 aromatic heterocycles. The molecule has 3 heterocycles. The van der Waals surface area contributed by atoms with Crippen LogP contribution in [0.1, 0.15) is 45.4 Å². The summed E-state index contributed by atoms with van der Waals surface area (Å²) in [5.74, 6) is 1.86. The highest BCUT2D eigenvalue weighted by Crippen LogP contribution is 2.23. The Morgan fingerprint density at radius 2 is 1.81 bits per heavy atom. The van der Waals surface area contributed by atoms with Crippen LogP contribution >= 0.6 is 0 Å². The first-order valence-corrected chi connectivity index (χ1v) is 8.97. The lowest BCUT2D eigenvalue weighted by molar-refractivity contribution is -0.135. The molecule has 1 amide bonds. The number of likely N-dealkylation sites (tertiary alicyclic amines) is 2. The van der Waals surface area contributed by atoms with Gasteiger partial charge in [0.15, 0.2) is 0 Å². The number of amides is 1. The van der Waals surface area contributed by atoms with Gasteiger partial charge in [0.2, 0.25) is 5.91 Å². The SMILES string of the molecule is CC1CCNC(C(=O)N2CCC(CN3CCCC3)CC2)C1. The summed E-state index contributed by atoms with van der Waals surface area (Å²) >= 11 is 0. The molecule has 0 aromatic carbocycles. The number of piperidine rings is 2. The van der Waals surface area contributed by atoms with E-state index in [0.717, 1.165) is 32.0 Å². The van der Waals surface area contributed by atoms with E-state index in [1.807, 2.05) is 0 Å². The minimum atomic E-state index is 0.0869. The molecule has 4 nitrogen and oxygen atoms in total. The van der Waals surface area contributed by atoms with Gasteiger partial charge in [0.1, 0.15) is 0 Å². The largest absolute Gasteiger partial charge is 0.341 e. The molecule has 1 N–H and O–H groups in total. The summed E-state index contributed by atoms with van der Waals surface area (Å²) in [6.07, 6.45) is 7.38. The highest BCUT2D eigenvalue weighted by atomic mass is 16.2. The molecule has 2 atom stereocenters. The number of carbonyl (C=O) groups is 1. The predicted molar refractivity (Wildman–Crippen MR) is 85.2 cm³/mol. The number of hydrogen-bond acceptors (Lipinski definition) is 3. The molecule has 0 saturated carbocycles. The average Bonchev–Trinajstić information content (AvgIpc) is 3.00. The third kappa shape index (κ3) is 3.98. The average molecular weight is 293 g/mol. The number of hydrogen-bond donors (Lipinski definition) is 1. The number of carbonyl (C=O) groups excluding carboxylic acids is 1. The van der Waals surface area contributed by atoms with Gasteiger partial charge in [0, 0.05) is 19.6 Å². The molecule has 3 fully saturated rings. The molecule has 3 aliphatic rings. The van der Waals surface area contributed by atoms with Gasteiger partial charge in [-0.2, -0.15) is 0 Å². The van der Waals surface area contributed by atoms with Crippen LogP contribution in [0, 0.1) is 11.8 Å². The minimum absolute atomic E-state index is 0.0869. The summed E-state index contributed by atoms with van der Waals surface area (Å²) in [4.78, 5) is 17.3. The predicted octanol–water partition coefficient (Wildman–Crippen LogP) is 1.71. The lowest BCUT2D eigenvalue weighted by Gasteiger charge is -2.37. The molecule has 0 radical (unpaired) electrons. The van der Waals surface area contributed by atoms with Gasteiger partial charge in [-0.15, -0.1) is 0 Å². The molecule has 21 heavy (non-hydrogen) atoms. The van der Waals surface area contributed by atoms with Crippen molar-refractivity contribution >= 4 is 5.91 Å². The molecule has 3 saturated heterocycles. The molecule has 0 bridgehead atoms. The Balaban J connectivity index is 1.43. The van der Waals surface area contributed by atoms with Crippen molar-refractivity contribution in [2.24, 2.45) is 11.8 Å². The van der Waals surface area contributed by atoms with E-state index in [1.165, 1.54) is 51.7 Å². The summed E-state index contributed by atoms with van der Waals surface area (Å²) in [6.45, 7) is 9.08. The summed E-state index contributed by atoms with van der Waals surface area (Å²) in [7, 11) is 0. The zero-order valence-electron chi connectivity index (χ0n) is 13.5. The lowest BCUT2D eigenvalue weighted by atomic mass is 9.92. The third-order valence-electron chi connectivity index (χ3n) is 5.61. The van der Waals surface area contributed by atoms with E-state index >= 15 is 0 Å². The van der Waals surface area contributed by atoms with Crippen LogP contribution in [0.4, 0.5) is 0 Å². The molecule has 2 unspecified atom stereocenters. The molecular formula is C17H31N3O. The maximum absolute atomic E-state index is 12.6. The Labute approximate surface area is 129 Å². The Hall–Kier alpha value is -0.610. The van der Waals surface area contributed by atoms with E-state index in [-0.39, 0.29) is 6.04 Å². The van der Waals surface area contributed by atoms with Gasteiger partial charge >= 0.3 is 0 Å². The fourth-order valence-electron chi connectivity index (χ4n) is 4.18. The van der Waals surface area contributed by atoms with E-state index in [2.05, 4.69) is 22.0 Å².